The minimum absolute atomic E-state index is 0.227. The summed E-state index contributed by atoms with van der Waals surface area (Å²) in [4.78, 5) is 41.8. The predicted molar refractivity (Wildman–Crippen MR) is 83.3 cm³/mol. The Labute approximate surface area is 135 Å². The van der Waals surface area contributed by atoms with Crippen LogP contribution in [-0.2, 0) is 9.63 Å². The zero-order chi connectivity index (χ0) is 16.6. The highest BCUT2D eigenvalue weighted by molar-refractivity contribution is 6.20. The number of hydrogen-bond donors (Lipinski definition) is 0. The van der Waals surface area contributed by atoms with Crippen LogP contribution in [0.5, 0.6) is 0 Å². The number of rotatable bonds is 3. The number of hydroxylamine groups is 2. The topological polar surface area (TPSA) is 63.7 Å². The zero-order valence-electron chi connectivity index (χ0n) is 13.5. The van der Waals surface area contributed by atoms with E-state index in [2.05, 4.69) is 13.8 Å². The summed E-state index contributed by atoms with van der Waals surface area (Å²) >= 11 is 0. The van der Waals surface area contributed by atoms with Gasteiger partial charge in [-0.15, -0.1) is 0 Å². The normalized spacial score (nSPS) is 24.0. The first-order valence-electron chi connectivity index (χ1n) is 8.18. The summed E-state index contributed by atoms with van der Waals surface area (Å²) in [5, 5.41) is 0.613. The van der Waals surface area contributed by atoms with E-state index in [1.165, 1.54) is 0 Å². The number of benzene rings is 1. The van der Waals surface area contributed by atoms with Crippen molar-refractivity contribution in [3.8, 4) is 0 Å². The van der Waals surface area contributed by atoms with E-state index in [0.29, 0.717) is 16.9 Å². The molecule has 2 aliphatic rings. The Bertz CT molecular complexity index is 609. The molecule has 0 radical (unpaired) electrons. The van der Waals surface area contributed by atoms with Crippen LogP contribution in [0.2, 0.25) is 0 Å². The van der Waals surface area contributed by atoms with Crippen molar-refractivity contribution in [1.29, 1.82) is 0 Å². The fourth-order valence-electron chi connectivity index (χ4n) is 3.44. The molecule has 5 heteroatoms. The van der Waals surface area contributed by atoms with Crippen LogP contribution in [-0.4, -0.2) is 22.8 Å². The molecule has 0 aromatic heterocycles. The summed E-state index contributed by atoms with van der Waals surface area (Å²) in [7, 11) is 0. The third kappa shape index (κ3) is 2.87. The van der Waals surface area contributed by atoms with E-state index in [9.17, 15) is 14.4 Å². The van der Waals surface area contributed by atoms with E-state index in [4.69, 9.17) is 4.84 Å². The van der Waals surface area contributed by atoms with Crippen LogP contribution in [0.4, 0.5) is 0 Å². The van der Waals surface area contributed by atoms with Gasteiger partial charge in [-0.25, -0.2) is 4.79 Å². The Balaban J connectivity index is 1.64. The molecule has 1 aromatic carbocycles. The molecule has 0 saturated heterocycles. The van der Waals surface area contributed by atoms with Gasteiger partial charge in [-0.05, 0) is 49.7 Å². The first-order chi connectivity index (χ1) is 11.0. The molecule has 1 aliphatic heterocycles. The second-order valence-electron chi connectivity index (χ2n) is 6.72. The minimum atomic E-state index is -0.560. The second-order valence-corrected chi connectivity index (χ2v) is 6.72. The molecule has 0 bridgehead atoms. The van der Waals surface area contributed by atoms with E-state index in [-0.39, 0.29) is 17.0 Å². The molecular weight excluding hydrogens is 294 g/mol. The molecule has 1 heterocycles. The van der Waals surface area contributed by atoms with Gasteiger partial charge >= 0.3 is 5.97 Å². The number of amides is 2. The summed E-state index contributed by atoms with van der Waals surface area (Å²) in [6, 6.07) is 6.50. The van der Waals surface area contributed by atoms with Crippen LogP contribution in [0.15, 0.2) is 24.3 Å². The Morgan fingerprint density at radius 1 is 1.04 bits per heavy atom. The smallest absolute Gasteiger partial charge is 0.329 e. The van der Waals surface area contributed by atoms with Crippen molar-refractivity contribution < 1.29 is 19.2 Å². The molecule has 1 saturated carbocycles. The number of nitrogens with zero attached hydrogens (tertiary/aromatic N) is 1. The monoisotopic (exact) mass is 315 g/mol. The lowest BCUT2D eigenvalue weighted by atomic mass is 9.77. The number of carbonyl (C=O) groups is 3. The van der Waals surface area contributed by atoms with Gasteiger partial charge in [0.05, 0.1) is 17.0 Å². The third-order valence-electron chi connectivity index (χ3n) is 4.99. The maximum atomic E-state index is 12.3. The molecule has 1 aromatic rings. The highest BCUT2D eigenvalue weighted by atomic mass is 16.7. The van der Waals surface area contributed by atoms with Crippen LogP contribution in [0.25, 0.3) is 0 Å². The van der Waals surface area contributed by atoms with Crippen LogP contribution < -0.4 is 0 Å². The Morgan fingerprint density at radius 3 is 2.04 bits per heavy atom. The maximum Gasteiger partial charge on any atom is 0.336 e. The summed E-state index contributed by atoms with van der Waals surface area (Å²) in [5.41, 5.74) is 0.572. The zero-order valence-corrected chi connectivity index (χ0v) is 13.5. The van der Waals surface area contributed by atoms with Gasteiger partial charge in [-0.3, -0.25) is 9.59 Å². The molecule has 2 amide bonds. The van der Waals surface area contributed by atoms with E-state index in [0.717, 1.165) is 25.7 Å². The molecule has 1 aliphatic carbocycles. The van der Waals surface area contributed by atoms with Gasteiger partial charge in [0.2, 0.25) is 0 Å². The van der Waals surface area contributed by atoms with Gasteiger partial charge in [-0.2, -0.15) is 0 Å². The number of imide groups is 1. The predicted octanol–water partition coefficient (Wildman–Crippen LogP) is 3.20. The molecule has 1 fully saturated rings. The number of carbonyl (C=O) groups excluding carboxylic acids is 3. The van der Waals surface area contributed by atoms with Crippen molar-refractivity contribution in [2.24, 2.45) is 17.8 Å². The van der Waals surface area contributed by atoms with E-state index in [1.807, 2.05) is 0 Å². The van der Waals surface area contributed by atoms with Crippen molar-refractivity contribution >= 4 is 17.8 Å². The van der Waals surface area contributed by atoms with Crippen molar-refractivity contribution in [2.75, 3.05) is 0 Å². The molecule has 0 N–H and O–H groups in total. The van der Waals surface area contributed by atoms with Crippen molar-refractivity contribution in [3.05, 3.63) is 35.4 Å². The van der Waals surface area contributed by atoms with Gasteiger partial charge < -0.3 is 4.84 Å². The van der Waals surface area contributed by atoms with Crippen LogP contribution in [0.3, 0.4) is 0 Å². The largest absolute Gasteiger partial charge is 0.336 e. The molecule has 0 spiro atoms. The fourth-order valence-corrected chi connectivity index (χ4v) is 3.44. The lowest BCUT2D eigenvalue weighted by molar-refractivity contribution is -0.175. The lowest BCUT2D eigenvalue weighted by Crippen LogP contribution is -2.36. The summed E-state index contributed by atoms with van der Waals surface area (Å²) < 4.78 is 0. The minimum Gasteiger partial charge on any atom is -0.329 e. The SMILES string of the molecule is CC(C)C1CCC(C(=O)ON2C(=O)c3ccccc3C2=O)CC1. The summed E-state index contributed by atoms with van der Waals surface area (Å²) in [6.45, 7) is 4.39. The molecule has 5 nitrogen and oxygen atoms in total. The number of hydrogen-bond acceptors (Lipinski definition) is 4. The Morgan fingerprint density at radius 2 is 1.57 bits per heavy atom. The van der Waals surface area contributed by atoms with Crippen molar-refractivity contribution in [1.82, 2.24) is 5.06 Å². The quantitative estimate of drug-likeness (QED) is 0.804. The van der Waals surface area contributed by atoms with Gasteiger partial charge in [-0.1, -0.05) is 31.0 Å². The standard InChI is InChI=1S/C18H21NO4/c1-11(2)12-7-9-13(10-8-12)18(22)23-19-16(20)14-5-3-4-6-15(14)17(19)21/h3-6,11-13H,7-10H2,1-2H3. The third-order valence-corrected chi connectivity index (χ3v) is 4.99. The van der Waals surface area contributed by atoms with E-state index < -0.39 is 17.8 Å². The Hall–Kier alpha value is -2.17. The van der Waals surface area contributed by atoms with Crippen LogP contribution in [0.1, 0.15) is 60.2 Å². The lowest BCUT2D eigenvalue weighted by Gasteiger charge is -2.29. The average molecular weight is 315 g/mol. The fraction of sp³-hybridized carbons (Fsp3) is 0.500. The maximum absolute atomic E-state index is 12.3. The molecule has 23 heavy (non-hydrogen) atoms. The highest BCUT2D eigenvalue weighted by Crippen LogP contribution is 2.34. The van der Waals surface area contributed by atoms with Crippen LogP contribution >= 0.6 is 0 Å². The van der Waals surface area contributed by atoms with E-state index >= 15 is 0 Å². The molecule has 3 rings (SSSR count). The summed E-state index contributed by atoms with van der Waals surface area (Å²) in [5.74, 6) is -0.567. The number of fused-ring (bicyclic) bond motifs is 1. The van der Waals surface area contributed by atoms with E-state index in [1.54, 1.807) is 24.3 Å². The van der Waals surface area contributed by atoms with Gasteiger partial charge in [0, 0.05) is 0 Å². The molecule has 122 valence electrons. The summed E-state index contributed by atoms with van der Waals surface area (Å²) in [6.07, 6.45) is 3.48. The highest BCUT2D eigenvalue weighted by Gasteiger charge is 2.40. The average Bonchev–Trinajstić information content (AvgIpc) is 2.80. The molecule has 0 atom stereocenters. The molecular formula is C18H21NO4. The first kappa shape index (κ1) is 15.7. The van der Waals surface area contributed by atoms with Crippen molar-refractivity contribution in [2.45, 2.75) is 39.5 Å². The molecule has 0 unspecified atom stereocenters. The van der Waals surface area contributed by atoms with Gasteiger partial charge in [0.25, 0.3) is 11.8 Å². The van der Waals surface area contributed by atoms with Crippen LogP contribution in [0, 0.1) is 17.8 Å². The second kappa shape index (κ2) is 6.14. The Kier molecular flexibility index (Phi) is 4.20. The van der Waals surface area contributed by atoms with Gasteiger partial charge in [0.1, 0.15) is 0 Å². The van der Waals surface area contributed by atoms with Crippen molar-refractivity contribution in [3.63, 3.8) is 0 Å². The van der Waals surface area contributed by atoms with Gasteiger partial charge in [0.15, 0.2) is 0 Å². The first-order valence-corrected chi connectivity index (χ1v) is 8.18.